The molecule has 0 bridgehead atoms. The summed E-state index contributed by atoms with van der Waals surface area (Å²) in [5, 5.41) is 8.13. The maximum atomic E-state index is 12.9. The fourth-order valence-electron chi connectivity index (χ4n) is 4.17. The SMILES string of the molecule is Cc1cc([C@H]2CN[C@@H](C)CO2)n2nc([C@H]3CC[C@H](C(F)(F)F)CC3)cc2n1. The maximum Gasteiger partial charge on any atom is 0.391 e. The van der Waals surface area contributed by atoms with Crippen LogP contribution in [0.4, 0.5) is 13.2 Å². The molecule has 0 radical (unpaired) electrons. The van der Waals surface area contributed by atoms with Crippen molar-refractivity contribution < 1.29 is 17.9 Å². The van der Waals surface area contributed by atoms with Crippen LogP contribution in [0.15, 0.2) is 12.1 Å². The largest absolute Gasteiger partial charge is 0.391 e. The quantitative estimate of drug-likeness (QED) is 0.855. The lowest BCUT2D eigenvalue weighted by Crippen LogP contribution is -2.41. The number of aromatic nitrogens is 3. The van der Waals surface area contributed by atoms with Crippen LogP contribution < -0.4 is 5.32 Å². The Morgan fingerprint density at radius 3 is 2.56 bits per heavy atom. The number of hydrogen-bond donors (Lipinski definition) is 1. The Labute approximate surface area is 156 Å². The molecule has 3 heterocycles. The van der Waals surface area contributed by atoms with E-state index in [4.69, 9.17) is 9.84 Å². The average molecular weight is 382 g/mol. The zero-order valence-electron chi connectivity index (χ0n) is 15.6. The molecule has 27 heavy (non-hydrogen) atoms. The Hall–Kier alpha value is -1.67. The van der Waals surface area contributed by atoms with Gasteiger partial charge in [0.2, 0.25) is 0 Å². The Kier molecular flexibility index (Phi) is 4.88. The normalized spacial score (nSPS) is 30.0. The van der Waals surface area contributed by atoms with E-state index >= 15 is 0 Å². The fourth-order valence-corrected chi connectivity index (χ4v) is 4.17. The molecule has 0 amide bonds. The zero-order chi connectivity index (χ0) is 19.2. The molecule has 1 saturated heterocycles. The van der Waals surface area contributed by atoms with Crippen molar-refractivity contribution in [1.29, 1.82) is 0 Å². The number of halogens is 3. The van der Waals surface area contributed by atoms with Gasteiger partial charge in [0, 0.05) is 30.3 Å². The first-order valence-electron chi connectivity index (χ1n) is 9.60. The van der Waals surface area contributed by atoms with Gasteiger partial charge >= 0.3 is 6.18 Å². The Morgan fingerprint density at radius 1 is 1.19 bits per heavy atom. The minimum Gasteiger partial charge on any atom is -0.369 e. The molecule has 4 rings (SSSR count). The van der Waals surface area contributed by atoms with Crippen molar-refractivity contribution in [1.82, 2.24) is 19.9 Å². The van der Waals surface area contributed by atoms with Gasteiger partial charge in [-0.25, -0.2) is 9.50 Å². The molecule has 0 unspecified atom stereocenters. The summed E-state index contributed by atoms with van der Waals surface area (Å²) >= 11 is 0. The summed E-state index contributed by atoms with van der Waals surface area (Å²) in [6, 6.07) is 4.22. The highest BCUT2D eigenvalue weighted by molar-refractivity contribution is 5.43. The molecule has 1 N–H and O–H groups in total. The van der Waals surface area contributed by atoms with Gasteiger partial charge in [0.05, 0.1) is 23.9 Å². The second-order valence-electron chi connectivity index (χ2n) is 7.88. The first kappa shape index (κ1) is 18.7. The molecular formula is C19H25F3N4O. The summed E-state index contributed by atoms with van der Waals surface area (Å²) in [4.78, 5) is 4.56. The number of nitrogens with zero attached hydrogens (tertiary/aromatic N) is 3. The number of morpholine rings is 1. The minimum atomic E-state index is -4.09. The van der Waals surface area contributed by atoms with Crippen LogP contribution >= 0.6 is 0 Å². The van der Waals surface area contributed by atoms with Crippen LogP contribution in [0.1, 0.15) is 61.7 Å². The van der Waals surface area contributed by atoms with E-state index in [0.29, 0.717) is 32.0 Å². The third-order valence-corrected chi connectivity index (χ3v) is 5.74. The van der Waals surface area contributed by atoms with Crippen LogP contribution in [0.5, 0.6) is 0 Å². The van der Waals surface area contributed by atoms with Gasteiger partial charge in [-0.1, -0.05) is 0 Å². The third kappa shape index (κ3) is 3.82. The molecule has 2 aliphatic rings. The molecule has 2 aromatic rings. The molecular weight excluding hydrogens is 357 g/mol. The number of alkyl halides is 3. The van der Waals surface area contributed by atoms with Gasteiger partial charge in [-0.05, 0) is 45.6 Å². The number of ether oxygens (including phenoxy) is 1. The molecule has 1 saturated carbocycles. The summed E-state index contributed by atoms with van der Waals surface area (Å²) in [5.74, 6) is -1.12. The third-order valence-electron chi connectivity index (χ3n) is 5.74. The van der Waals surface area contributed by atoms with Gasteiger partial charge in [0.25, 0.3) is 0 Å². The van der Waals surface area contributed by atoms with E-state index in [2.05, 4.69) is 17.2 Å². The van der Waals surface area contributed by atoms with Crippen molar-refractivity contribution in [2.75, 3.05) is 13.2 Å². The molecule has 2 aromatic heterocycles. The number of nitrogens with one attached hydrogen (secondary N) is 1. The van der Waals surface area contributed by atoms with Gasteiger partial charge in [0.1, 0.15) is 6.10 Å². The van der Waals surface area contributed by atoms with Crippen molar-refractivity contribution in [2.24, 2.45) is 5.92 Å². The van der Waals surface area contributed by atoms with E-state index < -0.39 is 12.1 Å². The van der Waals surface area contributed by atoms with Gasteiger partial charge in [0.15, 0.2) is 5.65 Å². The molecule has 148 valence electrons. The molecule has 5 nitrogen and oxygen atoms in total. The van der Waals surface area contributed by atoms with Gasteiger partial charge in [-0.2, -0.15) is 18.3 Å². The summed E-state index contributed by atoms with van der Waals surface area (Å²) in [6.07, 6.45) is -2.82. The molecule has 0 aromatic carbocycles. The molecule has 0 spiro atoms. The number of fused-ring (bicyclic) bond motifs is 1. The van der Waals surface area contributed by atoms with Crippen molar-refractivity contribution in [3.63, 3.8) is 0 Å². The van der Waals surface area contributed by atoms with Crippen LogP contribution in [0, 0.1) is 12.8 Å². The fraction of sp³-hybridized carbons (Fsp3) is 0.684. The number of rotatable bonds is 2. The summed E-state index contributed by atoms with van der Waals surface area (Å²) < 4.78 is 46.5. The van der Waals surface area contributed by atoms with Crippen molar-refractivity contribution in [3.05, 3.63) is 29.2 Å². The van der Waals surface area contributed by atoms with Crippen LogP contribution in [0.25, 0.3) is 5.65 Å². The number of hydrogen-bond acceptors (Lipinski definition) is 4. The minimum absolute atomic E-state index is 0.0591. The van der Waals surface area contributed by atoms with Crippen LogP contribution in [-0.4, -0.2) is 40.0 Å². The van der Waals surface area contributed by atoms with Crippen molar-refractivity contribution >= 4 is 5.65 Å². The average Bonchev–Trinajstić information content (AvgIpc) is 3.05. The summed E-state index contributed by atoms with van der Waals surface area (Å²) in [7, 11) is 0. The summed E-state index contributed by atoms with van der Waals surface area (Å²) in [6.45, 7) is 5.34. The first-order chi connectivity index (χ1) is 12.8. The first-order valence-corrected chi connectivity index (χ1v) is 9.60. The van der Waals surface area contributed by atoms with Gasteiger partial charge in [-0.15, -0.1) is 0 Å². The highest BCUT2D eigenvalue weighted by Crippen LogP contribution is 2.42. The predicted octanol–water partition coefficient (Wildman–Crippen LogP) is 3.92. The second kappa shape index (κ2) is 7.05. The molecule has 8 heteroatoms. The van der Waals surface area contributed by atoms with Crippen molar-refractivity contribution in [2.45, 2.75) is 63.8 Å². The van der Waals surface area contributed by atoms with Gasteiger partial charge in [-0.3, -0.25) is 0 Å². The summed E-state index contributed by atoms with van der Waals surface area (Å²) in [5.41, 5.74) is 3.39. The lowest BCUT2D eigenvalue weighted by Gasteiger charge is -2.29. The lowest BCUT2D eigenvalue weighted by atomic mass is 9.80. The Balaban J connectivity index is 1.58. The number of aryl methyl sites for hydroxylation is 1. The van der Waals surface area contributed by atoms with Gasteiger partial charge < -0.3 is 10.1 Å². The smallest absolute Gasteiger partial charge is 0.369 e. The molecule has 1 aliphatic heterocycles. The monoisotopic (exact) mass is 382 g/mol. The highest BCUT2D eigenvalue weighted by atomic mass is 19.4. The maximum absolute atomic E-state index is 12.9. The molecule has 1 aliphatic carbocycles. The van der Waals surface area contributed by atoms with Crippen LogP contribution in [0.2, 0.25) is 0 Å². The Bertz CT molecular complexity index is 803. The Morgan fingerprint density at radius 2 is 1.93 bits per heavy atom. The van der Waals surface area contributed by atoms with E-state index in [1.807, 2.05) is 19.1 Å². The second-order valence-corrected chi connectivity index (χ2v) is 7.88. The van der Waals surface area contributed by atoms with Crippen LogP contribution in [0.3, 0.4) is 0 Å². The molecule has 2 atom stereocenters. The van der Waals surface area contributed by atoms with E-state index in [9.17, 15) is 13.2 Å². The van der Waals surface area contributed by atoms with Crippen molar-refractivity contribution in [3.8, 4) is 0 Å². The highest BCUT2D eigenvalue weighted by Gasteiger charge is 2.42. The predicted molar refractivity (Wildman–Crippen MR) is 94.6 cm³/mol. The zero-order valence-corrected chi connectivity index (χ0v) is 15.6. The van der Waals surface area contributed by atoms with E-state index in [-0.39, 0.29) is 24.9 Å². The van der Waals surface area contributed by atoms with E-state index in [1.54, 1.807) is 4.52 Å². The van der Waals surface area contributed by atoms with E-state index in [0.717, 1.165) is 22.7 Å². The molecule has 2 fully saturated rings. The standard InChI is InChI=1S/C19H25F3N4O/c1-11-7-16(17-9-23-12(2)10-27-17)26-18(24-11)8-15(25-26)13-3-5-14(6-4-13)19(20,21)22/h7-8,12-14,17,23H,3-6,9-10H2,1-2H3/t12-,13-,14-,17+/m0/s1. The lowest BCUT2D eigenvalue weighted by molar-refractivity contribution is -0.182. The topological polar surface area (TPSA) is 51.5 Å². The van der Waals surface area contributed by atoms with Crippen LogP contribution in [-0.2, 0) is 4.74 Å². The van der Waals surface area contributed by atoms with E-state index in [1.165, 1.54) is 0 Å².